The van der Waals surface area contributed by atoms with Crippen molar-refractivity contribution < 1.29 is 9.84 Å². The van der Waals surface area contributed by atoms with Crippen LogP contribution in [0.25, 0.3) is 0 Å². The monoisotopic (exact) mass is 280 g/mol. The average molecular weight is 281 g/mol. The van der Waals surface area contributed by atoms with Gasteiger partial charge < -0.3 is 9.84 Å². The van der Waals surface area contributed by atoms with E-state index < -0.39 is 0 Å². The van der Waals surface area contributed by atoms with E-state index in [0.29, 0.717) is 16.3 Å². The summed E-state index contributed by atoms with van der Waals surface area (Å²) in [6.07, 6.45) is 2.02. The fraction of sp³-hybridized carbons (Fsp3) is 0.143. The third kappa shape index (κ3) is 2.99. The third-order valence-electron chi connectivity index (χ3n) is 2.52. The summed E-state index contributed by atoms with van der Waals surface area (Å²) < 4.78 is 5.73. The van der Waals surface area contributed by atoms with Crippen LogP contribution in [0.4, 0.5) is 0 Å². The highest BCUT2D eigenvalue weighted by molar-refractivity contribution is 7.98. The van der Waals surface area contributed by atoms with Gasteiger partial charge >= 0.3 is 0 Å². The smallest absolute Gasteiger partial charge is 0.134 e. The van der Waals surface area contributed by atoms with Crippen molar-refractivity contribution >= 4 is 23.4 Å². The van der Waals surface area contributed by atoms with Crippen LogP contribution in [0.2, 0.25) is 5.02 Å². The molecule has 0 amide bonds. The summed E-state index contributed by atoms with van der Waals surface area (Å²) in [7, 11) is 0. The molecule has 2 rings (SSSR count). The van der Waals surface area contributed by atoms with Gasteiger partial charge in [-0.15, -0.1) is 11.8 Å². The van der Waals surface area contributed by atoms with Crippen molar-refractivity contribution in [2.24, 2.45) is 0 Å². The summed E-state index contributed by atoms with van der Waals surface area (Å²) in [5, 5.41) is 9.80. The van der Waals surface area contributed by atoms with Crippen molar-refractivity contribution in [3.05, 3.63) is 53.1 Å². The molecule has 0 saturated carbocycles. The molecule has 0 aliphatic rings. The third-order valence-corrected chi connectivity index (χ3v) is 3.62. The number of aliphatic hydroxyl groups excluding tert-OH is 1. The average Bonchev–Trinajstić information content (AvgIpc) is 2.40. The number of ether oxygens (including phenoxy) is 1. The molecule has 0 aromatic heterocycles. The molecule has 0 aliphatic heterocycles. The highest BCUT2D eigenvalue weighted by Crippen LogP contribution is 2.31. The Hall–Kier alpha value is -1.16. The molecule has 1 N–H and O–H groups in total. The summed E-state index contributed by atoms with van der Waals surface area (Å²) in [6.45, 7) is -0.141. The Morgan fingerprint density at radius 3 is 2.50 bits per heavy atom. The Labute approximate surface area is 116 Å². The number of benzene rings is 2. The van der Waals surface area contributed by atoms with E-state index in [1.807, 2.05) is 30.5 Å². The molecule has 0 fully saturated rings. The molecule has 0 bridgehead atoms. The topological polar surface area (TPSA) is 29.5 Å². The Morgan fingerprint density at radius 1 is 1.17 bits per heavy atom. The van der Waals surface area contributed by atoms with E-state index >= 15 is 0 Å². The van der Waals surface area contributed by atoms with Gasteiger partial charge in [0.25, 0.3) is 0 Å². The first-order chi connectivity index (χ1) is 8.74. The van der Waals surface area contributed by atoms with Crippen LogP contribution < -0.4 is 4.74 Å². The summed E-state index contributed by atoms with van der Waals surface area (Å²) in [5.74, 6) is 1.31. The molecule has 0 radical (unpaired) electrons. The quantitative estimate of drug-likeness (QED) is 0.845. The number of aliphatic hydroxyl groups is 1. The number of halogens is 1. The van der Waals surface area contributed by atoms with Gasteiger partial charge in [0, 0.05) is 15.5 Å². The molecule has 18 heavy (non-hydrogen) atoms. The van der Waals surface area contributed by atoms with Crippen LogP contribution in [-0.2, 0) is 6.61 Å². The lowest BCUT2D eigenvalue weighted by molar-refractivity contribution is 0.276. The molecule has 2 aromatic rings. The van der Waals surface area contributed by atoms with Gasteiger partial charge in [-0.2, -0.15) is 0 Å². The maximum Gasteiger partial charge on any atom is 0.134 e. The van der Waals surface area contributed by atoms with Crippen LogP contribution in [-0.4, -0.2) is 11.4 Å². The Balaban J connectivity index is 2.25. The van der Waals surface area contributed by atoms with Crippen molar-refractivity contribution in [1.82, 2.24) is 0 Å². The molecule has 0 atom stereocenters. The number of hydrogen-bond donors (Lipinski definition) is 1. The van der Waals surface area contributed by atoms with Gasteiger partial charge in [0.05, 0.1) is 6.61 Å². The van der Waals surface area contributed by atoms with Gasteiger partial charge in [-0.25, -0.2) is 0 Å². The largest absolute Gasteiger partial charge is 0.457 e. The minimum absolute atomic E-state index is 0.141. The van der Waals surface area contributed by atoms with Crippen molar-refractivity contribution in [2.45, 2.75) is 11.5 Å². The Bertz CT molecular complexity index is 526. The Morgan fingerprint density at radius 2 is 1.89 bits per heavy atom. The van der Waals surface area contributed by atoms with Crippen molar-refractivity contribution in [3.63, 3.8) is 0 Å². The molecule has 0 spiro atoms. The second-order valence-electron chi connectivity index (χ2n) is 3.65. The van der Waals surface area contributed by atoms with Crippen LogP contribution in [0, 0.1) is 0 Å². The highest BCUT2D eigenvalue weighted by Gasteiger charge is 2.07. The van der Waals surface area contributed by atoms with Gasteiger partial charge in [-0.3, -0.25) is 0 Å². The van der Waals surface area contributed by atoms with E-state index in [-0.39, 0.29) is 6.61 Å². The lowest BCUT2D eigenvalue weighted by atomic mass is 10.2. The van der Waals surface area contributed by atoms with Gasteiger partial charge in [0.2, 0.25) is 0 Å². The van der Waals surface area contributed by atoms with Crippen LogP contribution >= 0.6 is 23.4 Å². The predicted octanol–water partition coefficient (Wildman–Crippen LogP) is 4.35. The number of hydrogen-bond acceptors (Lipinski definition) is 3. The molecule has 94 valence electrons. The predicted molar refractivity (Wildman–Crippen MR) is 75.7 cm³/mol. The lowest BCUT2D eigenvalue weighted by Gasteiger charge is -2.11. The van der Waals surface area contributed by atoms with Gasteiger partial charge in [0.15, 0.2) is 0 Å². The first kappa shape index (κ1) is 13.3. The second kappa shape index (κ2) is 6.14. The van der Waals surface area contributed by atoms with E-state index in [1.165, 1.54) is 4.90 Å². The summed E-state index contributed by atoms with van der Waals surface area (Å²) >= 11 is 7.68. The SMILES string of the molecule is CSc1ccc(Oc2cccc(Cl)c2CO)cc1. The van der Waals surface area contributed by atoms with Crippen molar-refractivity contribution in [3.8, 4) is 11.5 Å². The molecule has 0 saturated heterocycles. The van der Waals surface area contributed by atoms with E-state index in [1.54, 1.807) is 30.0 Å². The highest BCUT2D eigenvalue weighted by atomic mass is 35.5. The molecule has 0 aliphatic carbocycles. The van der Waals surface area contributed by atoms with E-state index in [0.717, 1.165) is 5.75 Å². The number of rotatable bonds is 4. The van der Waals surface area contributed by atoms with Crippen molar-refractivity contribution in [2.75, 3.05) is 6.26 Å². The summed E-state index contributed by atoms with van der Waals surface area (Å²) in [6, 6.07) is 13.1. The number of thioether (sulfide) groups is 1. The molecule has 0 heterocycles. The standard InChI is InChI=1S/C14H13ClO2S/c1-18-11-7-5-10(6-8-11)17-14-4-2-3-13(15)12(14)9-16/h2-8,16H,9H2,1H3. The van der Waals surface area contributed by atoms with Crippen LogP contribution in [0.15, 0.2) is 47.4 Å². The molecule has 4 heteroatoms. The lowest BCUT2D eigenvalue weighted by Crippen LogP contribution is -1.92. The van der Waals surface area contributed by atoms with E-state index in [9.17, 15) is 5.11 Å². The molecule has 2 nitrogen and oxygen atoms in total. The van der Waals surface area contributed by atoms with Crippen LogP contribution in [0.1, 0.15) is 5.56 Å². The van der Waals surface area contributed by atoms with Crippen LogP contribution in [0.5, 0.6) is 11.5 Å². The van der Waals surface area contributed by atoms with E-state index in [4.69, 9.17) is 16.3 Å². The van der Waals surface area contributed by atoms with E-state index in [2.05, 4.69) is 0 Å². The normalized spacial score (nSPS) is 10.4. The van der Waals surface area contributed by atoms with Gasteiger partial charge in [-0.05, 0) is 42.7 Å². The first-order valence-electron chi connectivity index (χ1n) is 5.44. The second-order valence-corrected chi connectivity index (χ2v) is 4.94. The fourth-order valence-electron chi connectivity index (χ4n) is 1.56. The zero-order chi connectivity index (χ0) is 13.0. The Kier molecular flexibility index (Phi) is 4.53. The molecular weight excluding hydrogens is 268 g/mol. The maximum atomic E-state index is 9.29. The van der Waals surface area contributed by atoms with Gasteiger partial charge in [-0.1, -0.05) is 17.7 Å². The summed E-state index contributed by atoms with van der Waals surface area (Å²) in [4.78, 5) is 1.18. The minimum Gasteiger partial charge on any atom is -0.457 e. The molecular formula is C14H13ClO2S. The minimum atomic E-state index is -0.141. The van der Waals surface area contributed by atoms with Gasteiger partial charge in [0.1, 0.15) is 11.5 Å². The van der Waals surface area contributed by atoms with Crippen LogP contribution in [0.3, 0.4) is 0 Å². The molecule has 0 unspecified atom stereocenters. The zero-order valence-corrected chi connectivity index (χ0v) is 11.5. The van der Waals surface area contributed by atoms with Crippen molar-refractivity contribution in [1.29, 1.82) is 0 Å². The fourth-order valence-corrected chi connectivity index (χ4v) is 2.19. The zero-order valence-electron chi connectivity index (χ0n) is 9.89. The molecule has 2 aromatic carbocycles. The summed E-state index contributed by atoms with van der Waals surface area (Å²) in [5.41, 5.74) is 0.605. The first-order valence-corrected chi connectivity index (χ1v) is 7.05. The maximum absolute atomic E-state index is 9.29.